The molecule has 5 rings (SSSR count). The van der Waals surface area contributed by atoms with Gasteiger partial charge in [-0.05, 0) is 33.9 Å². The maximum Gasteiger partial charge on any atom is 0.416 e. The van der Waals surface area contributed by atoms with Gasteiger partial charge in [0.15, 0.2) is 0 Å². The second-order valence-corrected chi connectivity index (χ2v) is 8.88. The summed E-state index contributed by atoms with van der Waals surface area (Å²) in [6, 6.07) is 20.4. The Morgan fingerprint density at radius 2 is 1.54 bits per heavy atom. The molecule has 0 radical (unpaired) electrons. The van der Waals surface area contributed by atoms with E-state index < -0.39 is 35.6 Å². The van der Waals surface area contributed by atoms with Crippen LogP contribution in [-0.4, -0.2) is 41.8 Å². The van der Waals surface area contributed by atoms with E-state index in [9.17, 15) is 27.9 Å². The minimum Gasteiger partial charge on any atom is -0.481 e. The molecule has 5 nitrogen and oxygen atoms in total. The summed E-state index contributed by atoms with van der Waals surface area (Å²) in [5, 5.41) is 9.69. The highest BCUT2D eigenvalue weighted by Crippen LogP contribution is 2.44. The van der Waals surface area contributed by atoms with Gasteiger partial charge in [-0.3, -0.25) is 4.79 Å². The molecule has 0 spiro atoms. The topological polar surface area (TPSA) is 66.8 Å². The number of amides is 1. The Morgan fingerprint density at radius 3 is 2.14 bits per heavy atom. The van der Waals surface area contributed by atoms with Crippen LogP contribution in [-0.2, 0) is 15.7 Å². The molecule has 2 atom stereocenters. The Labute approximate surface area is 199 Å². The maximum atomic E-state index is 13.2. The molecule has 1 saturated heterocycles. The molecular formula is C27H22F3NO4. The van der Waals surface area contributed by atoms with Gasteiger partial charge in [-0.25, -0.2) is 4.79 Å². The van der Waals surface area contributed by atoms with E-state index in [2.05, 4.69) is 0 Å². The maximum absolute atomic E-state index is 13.2. The SMILES string of the molecule is O=C(O)[C@@H]1CN(C(=O)OCC2c3ccccc3-c3ccccc32)C[C@H]1c1cccc(C(F)(F)F)c1. The van der Waals surface area contributed by atoms with Gasteiger partial charge >= 0.3 is 18.2 Å². The van der Waals surface area contributed by atoms with Crippen LogP contribution >= 0.6 is 0 Å². The van der Waals surface area contributed by atoms with E-state index in [-0.39, 0.29) is 31.2 Å². The highest BCUT2D eigenvalue weighted by Gasteiger charge is 2.42. The molecular weight excluding hydrogens is 459 g/mol. The lowest BCUT2D eigenvalue weighted by atomic mass is 9.88. The van der Waals surface area contributed by atoms with Gasteiger partial charge in [0.2, 0.25) is 0 Å². The van der Waals surface area contributed by atoms with Gasteiger partial charge in [0.05, 0.1) is 11.5 Å². The number of rotatable bonds is 4. The van der Waals surface area contributed by atoms with Crippen LogP contribution in [0.2, 0.25) is 0 Å². The zero-order valence-electron chi connectivity index (χ0n) is 18.5. The quantitative estimate of drug-likeness (QED) is 0.515. The number of hydrogen-bond acceptors (Lipinski definition) is 3. The zero-order chi connectivity index (χ0) is 24.7. The molecule has 1 heterocycles. The molecule has 35 heavy (non-hydrogen) atoms. The van der Waals surface area contributed by atoms with E-state index in [1.807, 2.05) is 48.5 Å². The van der Waals surface area contributed by atoms with E-state index >= 15 is 0 Å². The number of carboxylic acid groups (broad SMARTS) is 1. The number of carbonyl (C=O) groups excluding carboxylic acids is 1. The summed E-state index contributed by atoms with van der Waals surface area (Å²) in [4.78, 5) is 26.1. The fraction of sp³-hybridized carbons (Fsp3) is 0.259. The summed E-state index contributed by atoms with van der Waals surface area (Å²) >= 11 is 0. The van der Waals surface area contributed by atoms with Crippen LogP contribution in [0.1, 0.15) is 34.1 Å². The lowest BCUT2D eigenvalue weighted by Gasteiger charge is -2.19. The Morgan fingerprint density at radius 1 is 0.914 bits per heavy atom. The first-order chi connectivity index (χ1) is 16.7. The molecule has 3 aromatic rings. The molecule has 1 aliphatic heterocycles. The third-order valence-corrected chi connectivity index (χ3v) is 6.87. The normalized spacial score (nSPS) is 19.3. The Hall–Kier alpha value is -3.81. The fourth-order valence-corrected chi connectivity index (χ4v) is 5.17. The second kappa shape index (κ2) is 8.76. The van der Waals surface area contributed by atoms with Gasteiger partial charge in [0, 0.05) is 24.9 Å². The molecule has 3 aromatic carbocycles. The first kappa shape index (κ1) is 23.0. The van der Waals surface area contributed by atoms with Crippen LogP contribution < -0.4 is 0 Å². The largest absolute Gasteiger partial charge is 0.481 e. The monoisotopic (exact) mass is 481 g/mol. The van der Waals surface area contributed by atoms with Crippen molar-refractivity contribution in [3.63, 3.8) is 0 Å². The van der Waals surface area contributed by atoms with Gasteiger partial charge in [0.1, 0.15) is 6.61 Å². The van der Waals surface area contributed by atoms with Crippen LogP contribution in [0.15, 0.2) is 72.8 Å². The van der Waals surface area contributed by atoms with Crippen molar-refractivity contribution in [2.24, 2.45) is 5.92 Å². The minimum absolute atomic E-state index is 0.0328. The van der Waals surface area contributed by atoms with Crippen molar-refractivity contribution in [3.05, 3.63) is 95.1 Å². The molecule has 0 saturated carbocycles. The smallest absolute Gasteiger partial charge is 0.416 e. The molecule has 1 aliphatic carbocycles. The predicted molar refractivity (Wildman–Crippen MR) is 122 cm³/mol. The summed E-state index contributed by atoms with van der Waals surface area (Å²) in [7, 11) is 0. The number of hydrogen-bond donors (Lipinski definition) is 1. The molecule has 1 fully saturated rings. The van der Waals surface area contributed by atoms with Crippen molar-refractivity contribution in [1.29, 1.82) is 0 Å². The molecule has 1 N–H and O–H groups in total. The molecule has 0 unspecified atom stereocenters. The number of carbonyl (C=O) groups is 2. The fourth-order valence-electron chi connectivity index (χ4n) is 5.17. The van der Waals surface area contributed by atoms with Gasteiger partial charge < -0.3 is 14.7 Å². The number of fused-ring (bicyclic) bond motifs is 3. The summed E-state index contributed by atoms with van der Waals surface area (Å²) in [6.45, 7) is -0.0861. The van der Waals surface area contributed by atoms with Gasteiger partial charge in [-0.2, -0.15) is 13.2 Å². The average molecular weight is 481 g/mol. The zero-order valence-corrected chi connectivity index (χ0v) is 18.5. The molecule has 0 aromatic heterocycles. The molecule has 8 heteroatoms. The van der Waals surface area contributed by atoms with Crippen LogP contribution in [0, 0.1) is 5.92 Å². The first-order valence-corrected chi connectivity index (χ1v) is 11.2. The van der Waals surface area contributed by atoms with Crippen molar-refractivity contribution >= 4 is 12.1 Å². The number of ether oxygens (including phenoxy) is 1. The summed E-state index contributed by atoms with van der Waals surface area (Å²) in [6.07, 6.45) is -5.22. The van der Waals surface area contributed by atoms with E-state index in [0.29, 0.717) is 0 Å². The van der Waals surface area contributed by atoms with E-state index in [0.717, 1.165) is 34.4 Å². The van der Waals surface area contributed by atoms with Crippen molar-refractivity contribution in [3.8, 4) is 11.1 Å². The highest BCUT2D eigenvalue weighted by molar-refractivity contribution is 5.79. The summed E-state index contributed by atoms with van der Waals surface area (Å²) < 4.78 is 45.1. The number of likely N-dealkylation sites (tertiary alicyclic amines) is 1. The lowest BCUT2D eigenvalue weighted by Crippen LogP contribution is -2.31. The Bertz CT molecular complexity index is 1240. The van der Waals surface area contributed by atoms with Crippen molar-refractivity contribution in [2.75, 3.05) is 19.7 Å². The number of alkyl halides is 3. The van der Waals surface area contributed by atoms with E-state index in [4.69, 9.17) is 4.74 Å². The van der Waals surface area contributed by atoms with E-state index in [1.165, 1.54) is 17.0 Å². The summed E-state index contributed by atoms with van der Waals surface area (Å²) in [5.41, 5.74) is 3.66. The van der Waals surface area contributed by atoms with Gasteiger partial charge in [-0.15, -0.1) is 0 Å². The first-order valence-electron chi connectivity index (χ1n) is 11.2. The predicted octanol–water partition coefficient (Wildman–Crippen LogP) is 5.75. The summed E-state index contributed by atoms with van der Waals surface area (Å²) in [5.74, 6) is -3.11. The van der Waals surface area contributed by atoms with Crippen molar-refractivity contribution < 1.29 is 32.6 Å². The Kier molecular flexibility index (Phi) is 5.75. The third-order valence-electron chi connectivity index (χ3n) is 6.87. The van der Waals surface area contributed by atoms with E-state index in [1.54, 1.807) is 0 Å². The van der Waals surface area contributed by atoms with Crippen molar-refractivity contribution in [2.45, 2.75) is 18.0 Å². The number of carboxylic acids is 1. The number of halogens is 3. The number of nitrogens with zero attached hydrogens (tertiary/aromatic N) is 1. The average Bonchev–Trinajstić information content (AvgIpc) is 3.43. The second-order valence-electron chi connectivity index (χ2n) is 8.88. The lowest BCUT2D eigenvalue weighted by molar-refractivity contribution is -0.141. The Balaban J connectivity index is 1.33. The molecule has 0 bridgehead atoms. The molecule has 2 aliphatic rings. The molecule has 180 valence electrons. The minimum atomic E-state index is -4.54. The number of benzene rings is 3. The van der Waals surface area contributed by atoms with Gasteiger partial charge in [-0.1, -0.05) is 66.7 Å². The third kappa shape index (κ3) is 4.24. The van der Waals surface area contributed by atoms with Crippen LogP contribution in [0.3, 0.4) is 0 Å². The standard InChI is InChI=1S/C27H22F3NO4/c28-27(29,30)17-7-5-6-16(12-17)22-13-31(14-23(22)25(32)33)26(34)35-15-24-20-10-3-1-8-18(20)19-9-2-4-11-21(19)24/h1-12,22-24H,13-15H2,(H,32,33)/t22-,23+/m0/s1. The molecule has 1 amide bonds. The highest BCUT2D eigenvalue weighted by atomic mass is 19.4. The van der Waals surface area contributed by atoms with Crippen LogP contribution in [0.25, 0.3) is 11.1 Å². The van der Waals surface area contributed by atoms with Gasteiger partial charge in [0.25, 0.3) is 0 Å². The van der Waals surface area contributed by atoms with Crippen LogP contribution in [0.4, 0.5) is 18.0 Å². The van der Waals surface area contributed by atoms with Crippen LogP contribution in [0.5, 0.6) is 0 Å². The number of aliphatic carboxylic acids is 1. The van der Waals surface area contributed by atoms with Crippen molar-refractivity contribution in [1.82, 2.24) is 4.90 Å².